The Morgan fingerprint density at radius 1 is 1.36 bits per heavy atom. The SMILES string of the molecule is Nc1nccn2c(N3CCCC(NC(=O)OCc4ccccc4)C3)nc(Br)c12. The van der Waals surface area contributed by atoms with Crippen LogP contribution in [0.5, 0.6) is 0 Å². The number of anilines is 2. The second-order valence-corrected chi connectivity index (χ2v) is 7.48. The number of hydrogen-bond acceptors (Lipinski definition) is 6. The molecule has 1 unspecified atom stereocenters. The number of carbonyl (C=O) groups excluding carboxylic acids is 1. The summed E-state index contributed by atoms with van der Waals surface area (Å²) in [4.78, 5) is 23.1. The topological polar surface area (TPSA) is 97.8 Å². The van der Waals surface area contributed by atoms with Crippen molar-refractivity contribution in [3.63, 3.8) is 0 Å². The van der Waals surface area contributed by atoms with E-state index in [2.05, 4.69) is 36.1 Å². The van der Waals surface area contributed by atoms with Gasteiger partial charge in [0, 0.05) is 31.5 Å². The maximum atomic E-state index is 12.2. The molecule has 4 rings (SSSR count). The summed E-state index contributed by atoms with van der Waals surface area (Å²) in [7, 11) is 0. The van der Waals surface area contributed by atoms with E-state index in [0.29, 0.717) is 17.0 Å². The summed E-state index contributed by atoms with van der Waals surface area (Å²) in [5.41, 5.74) is 7.69. The number of amides is 1. The third-order valence-electron chi connectivity index (χ3n) is 4.76. The Labute approximate surface area is 170 Å². The number of piperidine rings is 1. The molecule has 0 saturated carbocycles. The molecule has 28 heavy (non-hydrogen) atoms. The predicted molar refractivity (Wildman–Crippen MR) is 110 cm³/mol. The lowest BCUT2D eigenvalue weighted by molar-refractivity contribution is 0.134. The van der Waals surface area contributed by atoms with Gasteiger partial charge >= 0.3 is 6.09 Å². The van der Waals surface area contributed by atoms with Crippen molar-refractivity contribution < 1.29 is 9.53 Å². The molecule has 3 aromatic rings. The Kier molecular flexibility index (Phi) is 5.34. The number of benzene rings is 1. The molecule has 1 atom stereocenters. The quantitative estimate of drug-likeness (QED) is 0.641. The average Bonchev–Trinajstić information content (AvgIpc) is 3.05. The molecule has 0 radical (unpaired) electrons. The van der Waals surface area contributed by atoms with E-state index in [-0.39, 0.29) is 12.6 Å². The maximum Gasteiger partial charge on any atom is 0.407 e. The van der Waals surface area contributed by atoms with Gasteiger partial charge in [-0.25, -0.2) is 14.8 Å². The highest BCUT2D eigenvalue weighted by Crippen LogP contribution is 2.28. The fraction of sp³-hybridized carbons (Fsp3) is 0.316. The van der Waals surface area contributed by atoms with Gasteiger partial charge in [0.1, 0.15) is 16.7 Å². The van der Waals surface area contributed by atoms with Crippen molar-refractivity contribution in [1.82, 2.24) is 19.7 Å². The minimum atomic E-state index is -0.404. The summed E-state index contributed by atoms with van der Waals surface area (Å²) in [5, 5.41) is 2.97. The molecule has 1 fully saturated rings. The first-order chi connectivity index (χ1) is 13.6. The molecule has 1 aliphatic rings. The summed E-state index contributed by atoms with van der Waals surface area (Å²) in [6.07, 6.45) is 4.92. The number of imidazole rings is 1. The van der Waals surface area contributed by atoms with Crippen LogP contribution >= 0.6 is 15.9 Å². The zero-order valence-corrected chi connectivity index (χ0v) is 16.8. The van der Waals surface area contributed by atoms with Gasteiger partial charge in [-0.15, -0.1) is 0 Å². The molecule has 0 bridgehead atoms. The molecule has 0 spiro atoms. The Morgan fingerprint density at radius 2 is 2.18 bits per heavy atom. The first kappa shape index (κ1) is 18.5. The standard InChI is InChI=1S/C19H21BrN6O2/c20-16-15-17(21)22-8-10-26(15)18(24-16)25-9-4-7-14(11-25)23-19(27)28-12-13-5-2-1-3-6-13/h1-3,5-6,8,10,14H,4,7,9,11-12H2,(H2,21,22)(H,23,27). The van der Waals surface area contributed by atoms with Gasteiger partial charge in [-0.05, 0) is 34.3 Å². The number of hydrogen-bond donors (Lipinski definition) is 2. The first-order valence-electron chi connectivity index (χ1n) is 9.12. The number of nitrogens with zero attached hydrogens (tertiary/aromatic N) is 4. The molecule has 9 heteroatoms. The minimum absolute atomic E-state index is 0.0117. The number of rotatable bonds is 4. The highest BCUT2D eigenvalue weighted by Gasteiger charge is 2.26. The number of nitrogens with two attached hydrogens (primary N) is 1. The van der Waals surface area contributed by atoms with Crippen LogP contribution in [0.2, 0.25) is 0 Å². The highest BCUT2D eigenvalue weighted by atomic mass is 79.9. The van der Waals surface area contributed by atoms with Crippen LogP contribution in [0.1, 0.15) is 18.4 Å². The first-order valence-corrected chi connectivity index (χ1v) is 9.91. The summed E-state index contributed by atoms with van der Waals surface area (Å²) in [5.74, 6) is 1.20. The van der Waals surface area contributed by atoms with Crippen LogP contribution in [-0.4, -0.2) is 39.6 Å². The largest absolute Gasteiger partial charge is 0.445 e. The smallest absolute Gasteiger partial charge is 0.407 e. The van der Waals surface area contributed by atoms with Crippen molar-refractivity contribution in [2.45, 2.75) is 25.5 Å². The van der Waals surface area contributed by atoms with E-state index in [0.717, 1.165) is 36.4 Å². The Morgan fingerprint density at radius 3 is 3.00 bits per heavy atom. The molecule has 1 aromatic carbocycles. The van der Waals surface area contributed by atoms with Crippen LogP contribution < -0.4 is 16.0 Å². The third-order valence-corrected chi connectivity index (χ3v) is 5.31. The third kappa shape index (κ3) is 3.89. The van der Waals surface area contributed by atoms with Crippen LogP contribution in [0.15, 0.2) is 47.3 Å². The number of fused-ring (bicyclic) bond motifs is 1. The Hall–Kier alpha value is -2.81. The van der Waals surface area contributed by atoms with Gasteiger partial charge in [0.25, 0.3) is 0 Å². The van der Waals surface area contributed by atoms with Crippen LogP contribution in [0.25, 0.3) is 5.52 Å². The summed E-state index contributed by atoms with van der Waals surface area (Å²) >= 11 is 3.46. The molecular weight excluding hydrogens is 424 g/mol. The van der Waals surface area contributed by atoms with E-state index in [9.17, 15) is 4.79 Å². The van der Waals surface area contributed by atoms with Gasteiger partial charge in [0.05, 0.1) is 0 Å². The van der Waals surface area contributed by atoms with Crippen molar-refractivity contribution in [1.29, 1.82) is 0 Å². The van der Waals surface area contributed by atoms with E-state index in [1.807, 2.05) is 40.9 Å². The van der Waals surface area contributed by atoms with Crippen molar-refractivity contribution in [3.05, 3.63) is 52.9 Å². The van der Waals surface area contributed by atoms with Crippen molar-refractivity contribution in [2.24, 2.45) is 0 Å². The lowest BCUT2D eigenvalue weighted by atomic mass is 10.1. The number of carbonyl (C=O) groups is 1. The molecule has 146 valence electrons. The van der Waals surface area contributed by atoms with Crippen LogP contribution in [0.3, 0.4) is 0 Å². The molecular formula is C19H21BrN6O2. The van der Waals surface area contributed by atoms with Gasteiger partial charge in [-0.1, -0.05) is 30.3 Å². The van der Waals surface area contributed by atoms with Crippen LogP contribution in [0.4, 0.5) is 16.6 Å². The highest BCUT2D eigenvalue weighted by molar-refractivity contribution is 9.10. The lowest BCUT2D eigenvalue weighted by Gasteiger charge is -2.33. The van der Waals surface area contributed by atoms with E-state index in [1.54, 1.807) is 6.20 Å². The van der Waals surface area contributed by atoms with Crippen molar-refractivity contribution in [2.75, 3.05) is 23.7 Å². The molecule has 1 saturated heterocycles. The van der Waals surface area contributed by atoms with Gasteiger partial charge in [-0.2, -0.15) is 0 Å². The van der Waals surface area contributed by atoms with E-state index >= 15 is 0 Å². The average molecular weight is 445 g/mol. The zero-order chi connectivity index (χ0) is 19.5. The van der Waals surface area contributed by atoms with Crippen LogP contribution in [0, 0.1) is 0 Å². The monoisotopic (exact) mass is 444 g/mol. The number of nitrogens with one attached hydrogen (secondary N) is 1. The van der Waals surface area contributed by atoms with E-state index in [1.165, 1.54) is 0 Å². The molecule has 3 N–H and O–H groups in total. The van der Waals surface area contributed by atoms with Gasteiger partial charge in [0.15, 0.2) is 5.82 Å². The normalized spacial score (nSPS) is 16.9. The van der Waals surface area contributed by atoms with E-state index in [4.69, 9.17) is 10.5 Å². The van der Waals surface area contributed by atoms with Crippen LogP contribution in [-0.2, 0) is 11.3 Å². The number of nitrogen functional groups attached to an aromatic ring is 1. The molecule has 3 heterocycles. The maximum absolute atomic E-state index is 12.2. The number of aromatic nitrogens is 3. The number of ether oxygens (including phenoxy) is 1. The Balaban J connectivity index is 1.41. The van der Waals surface area contributed by atoms with E-state index < -0.39 is 6.09 Å². The fourth-order valence-electron chi connectivity index (χ4n) is 3.44. The second-order valence-electron chi connectivity index (χ2n) is 6.72. The molecule has 8 nitrogen and oxygen atoms in total. The minimum Gasteiger partial charge on any atom is -0.445 e. The summed E-state index contributed by atoms with van der Waals surface area (Å²) < 4.78 is 7.92. The summed E-state index contributed by atoms with van der Waals surface area (Å²) in [6, 6.07) is 9.62. The fourth-order valence-corrected chi connectivity index (χ4v) is 3.99. The second kappa shape index (κ2) is 8.05. The molecule has 0 aliphatic carbocycles. The van der Waals surface area contributed by atoms with Crippen molar-refractivity contribution in [3.8, 4) is 0 Å². The molecule has 2 aromatic heterocycles. The summed E-state index contributed by atoms with van der Waals surface area (Å²) in [6.45, 7) is 1.76. The van der Waals surface area contributed by atoms with Gasteiger partial charge in [-0.3, -0.25) is 4.40 Å². The molecule has 1 aliphatic heterocycles. The lowest BCUT2D eigenvalue weighted by Crippen LogP contribution is -2.48. The zero-order valence-electron chi connectivity index (χ0n) is 15.2. The predicted octanol–water partition coefficient (Wildman–Crippen LogP) is 2.97. The van der Waals surface area contributed by atoms with Gasteiger partial charge < -0.3 is 20.7 Å². The molecule has 1 amide bonds. The number of alkyl carbamates (subject to hydrolysis) is 1. The van der Waals surface area contributed by atoms with Crippen molar-refractivity contribution >= 4 is 39.3 Å². The van der Waals surface area contributed by atoms with Gasteiger partial charge in [0.2, 0.25) is 5.95 Å². The number of halogens is 1. The Bertz CT molecular complexity index is 977.